The van der Waals surface area contributed by atoms with Crippen LogP contribution in [0, 0.1) is 5.92 Å². The first-order chi connectivity index (χ1) is 12.4. The molecule has 1 fully saturated rings. The number of aromatic nitrogens is 1. The first-order valence-electron chi connectivity index (χ1n) is 10.1. The van der Waals surface area contributed by atoms with Crippen LogP contribution in [-0.4, -0.2) is 48.6 Å². The largest absolute Gasteiger partial charge is 0.443 e. The summed E-state index contributed by atoms with van der Waals surface area (Å²) in [4.78, 5) is 11.6. The van der Waals surface area contributed by atoms with E-state index in [-0.39, 0.29) is 29.4 Å². The molecular formula is C20H38IN5O. The van der Waals surface area contributed by atoms with Gasteiger partial charge in [0.15, 0.2) is 5.96 Å². The van der Waals surface area contributed by atoms with Gasteiger partial charge < -0.3 is 20.0 Å². The Kier molecular flexibility index (Phi) is 10.7. The molecule has 0 bridgehead atoms. The van der Waals surface area contributed by atoms with Crippen LogP contribution in [0.2, 0.25) is 0 Å². The average Bonchev–Trinajstić information content (AvgIpc) is 3.08. The van der Waals surface area contributed by atoms with Crippen molar-refractivity contribution in [1.82, 2.24) is 20.5 Å². The summed E-state index contributed by atoms with van der Waals surface area (Å²) in [5, 5.41) is 6.76. The van der Waals surface area contributed by atoms with Gasteiger partial charge in [0.05, 0.1) is 6.20 Å². The van der Waals surface area contributed by atoms with E-state index in [1.165, 1.54) is 32.4 Å². The third-order valence-electron chi connectivity index (χ3n) is 4.65. The molecule has 1 saturated heterocycles. The number of guanidine groups is 1. The average molecular weight is 491 g/mol. The minimum Gasteiger partial charge on any atom is -0.443 e. The molecule has 0 radical (unpaired) electrons. The number of hydrogen-bond acceptors (Lipinski definition) is 4. The van der Waals surface area contributed by atoms with E-state index in [0.717, 1.165) is 31.4 Å². The molecule has 1 aliphatic heterocycles. The maximum Gasteiger partial charge on any atom is 0.216 e. The number of rotatable bonds is 7. The van der Waals surface area contributed by atoms with E-state index in [1.807, 2.05) is 6.20 Å². The molecule has 0 spiro atoms. The molecule has 1 atom stereocenters. The van der Waals surface area contributed by atoms with Crippen molar-refractivity contribution in [3.63, 3.8) is 0 Å². The monoisotopic (exact) mass is 491 g/mol. The zero-order valence-corrected chi connectivity index (χ0v) is 20.0. The zero-order valence-electron chi connectivity index (χ0n) is 17.7. The van der Waals surface area contributed by atoms with Crippen molar-refractivity contribution in [2.75, 3.05) is 32.7 Å². The van der Waals surface area contributed by atoms with Gasteiger partial charge in [-0.3, -0.25) is 0 Å². The van der Waals surface area contributed by atoms with Crippen LogP contribution >= 0.6 is 24.0 Å². The lowest BCUT2D eigenvalue weighted by Gasteiger charge is -2.29. The van der Waals surface area contributed by atoms with E-state index >= 15 is 0 Å². The third-order valence-corrected chi connectivity index (χ3v) is 4.65. The highest BCUT2D eigenvalue weighted by Gasteiger charge is 2.19. The van der Waals surface area contributed by atoms with Gasteiger partial charge >= 0.3 is 0 Å². The number of halogens is 1. The van der Waals surface area contributed by atoms with Crippen LogP contribution in [0.3, 0.4) is 0 Å². The molecule has 2 rings (SSSR count). The van der Waals surface area contributed by atoms with E-state index in [0.29, 0.717) is 18.4 Å². The van der Waals surface area contributed by atoms with E-state index in [9.17, 15) is 0 Å². The van der Waals surface area contributed by atoms with Gasteiger partial charge in [0.2, 0.25) is 5.89 Å². The number of nitrogens with zero attached hydrogens (tertiary/aromatic N) is 3. The summed E-state index contributed by atoms with van der Waals surface area (Å²) >= 11 is 0. The fourth-order valence-corrected chi connectivity index (χ4v) is 3.14. The molecule has 0 aliphatic carbocycles. The minimum atomic E-state index is -0.0262. The molecule has 0 aromatic carbocycles. The molecule has 2 heterocycles. The van der Waals surface area contributed by atoms with Crippen LogP contribution in [0.5, 0.6) is 0 Å². The molecule has 1 aromatic rings. The Morgan fingerprint density at radius 3 is 2.56 bits per heavy atom. The van der Waals surface area contributed by atoms with Crippen molar-refractivity contribution in [3.8, 4) is 0 Å². The smallest absolute Gasteiger partial charge is 0.216 e. The number of likely N-dealkylation sites (tertiary alicyclic amines) is 1. The predicted molar refractivity (Wildman–Crippen MR) is 123 cm³/mol. The Bertz CT molecular complexity index is 561. The highest BCUT2D eigenvalue weighted by Crippen LogP contribution is 2.22. The standard InChI is InChI=1S/C20H37N5O.HI/c1-6-21-19(23-12-16(2)15-25-10-8-7-9-11-25)24-14-18-22-13-17(26-18)20(3,4)5;/h13,16H,6-12,14-15H2,1-5H3,(H2,21,23,24);1H. The maximum absolute atomic E-state index is 5.82. The molecule has 156 valence electrons. The van der Waals surface area contributed by atoms with Crippen molar-refractivity contribution < 1.29 is 4.42 Å². The highest BCUT2D eigenvalue weighted by molar-refractivity contribution is 14.0. The van der Waals surface area contributed by atoms with E-state index < -0.39 is 0 Å². The minimum absolute atomic E-state index is 0. The summed E-state index contributed by atoms with van der Waals surface area (Å²) in [7, 11) is 0. The van der Waals surface area contributed by atoms with Crippen LogP contribution in [0.1, 0.15) is 65.5 Å². The van der Waals surface area contributed by atoms with Crippen molar-refractivity contribution in [3.05, 3.63) is 17.8 Å². The first kappa shape index (κ1) is 24.2. The fourth-order valence-electron chi connectivity index (χ4n) is 3.14. The van der Waals surface area contributed by atoms with Crippen LogP contribution in [-0.2, 0) is 12.0 Å². The van der Waals surface area contributed by atoms with Gasteiger partial charge in [0, 0.05) is 25.0 Å². The lowest BCUT2D eigenvalue weighted by atomic mass is 9.94. The van der Waals surface area contributed by atoms with Gasteiger partial charge in [0.1, 0.15) is 12.3 Å². The predicted octanol–water partition coefficient (Wildman–Crippen LogP) is 3.77. The molecule has 1 unspecified atom stereocenters. The van der Waals surface area contributed by atoms with Gasteiger partial charge in [-0.2, -0.15) is 0 Å². The summed E-state index contributed by atoms with van der Waals surface area (Å²) in [6, 6.07) is 0. The topological polar surface area (TPSA) is 65.7 Å². The van der Waals surface area contributed by atoms with Crippen LogP contribution in [0.25, 0.3) is 0 Å². The second kappa shape index (κ2) is 11.9. The fraction of sp³-hybridized carbons (Fsp3) is 0.800. The molecule has 6 nitrogen and oxygen atoms in total. The number of nitrogens with one attached hydrogen (secondary N) is 2. The summed E-state index contributed by atoms with van der Waals surface area (Å²) in [6.07, 6.45) is 5.89. The van der Waals surface area contributed by atoms with E-state index in [1.54, 1.807) is 0 Å². The van der Waals surface area contributed by atoms with Crippen LogP contribution in [0.15, 0.2) is 15.6 Å². The lowest BCUT2D eigenvalue weighted by Crippen LogP contribution is -2.42. The van der Waals surface area contributed by atoms with Gasteiger partial charge in [0.25, 0.3) is 0 Å². The molecular weight excluding hydrogens is 453 g/mol. The Hall–Kier alpha value is -0.830. The van der Waals surface area contributed by atoms with Crippen LogP contribution < -0.4 is 10.6 Å². The normalized spacial score (nSPS) is 17.3. The number of aliphatic imine (C=N–C) groups is 1. The summed E-state index contributed by atoms with van der Waals surface area (Å²) in [5.74, 6) is 2.98. The summed E-state index contributed by atoms with van der Waals surface area (Å²) in [6.45, 7) is 16.6. The van der Waals surface area contributed by atoms with Gasteiger partial charge in [-0.1, -0.05) is 34.1 Å². The quantitative estimate of drug-likeness (QED) is 0.346. The molecule has 2 N–H and O–H groups in total. The van der Waals surface area contributed by atoms with Crippen molar-refractivity contribution >= 4 is 29.9 Å². The molecule has 1 aliphatic rings. The third kappa shape index (κ3) is 8.81. The maximum atomic E-state index is 5.82. The van der Waals surface area contributed by atoms with E-state index in [2.05, 4.69) is 60.1 Å². The molecule has 1 aromatic heterocycles. The Balaban J connectivity index is 0.00000364. The molecule has 0 saturated carbocycles. The highest BCUT2D eigenvalue weighted by atomic mass is 127. The molecule has 27 heavy (non-hydrogen) atoms. The Labute approximate surface area is 182 Å². The van der Waals surface area contributed by atoms with Crippen LogP contribution in [0.4, 0.5) is 0 Å². The number of piperidine rings is 1. The SMILES string of the molecule is CCNC(=NCc1ncc(C(C)(C)C)o1)NCC(C)CN1CCCCC1.I. The Morgan fingerprint density at radius 2 is 1.96 bits per heavy atom. The second-order valence-electron chi connectivity index (χ2n) is 8.41. The van der Waals surface area contributed by atoms with Crippen molar-refractivity contribution in [1.29, 1.82) is 0 Å². The molecule has 7 heteroatoms. The lowest BCUT2D eigenvalue weighted by molar-refractivity contribution is 0.201. The first-order valence-corrected chi connectivity index (χ1v) is 10.1. The zero-order chi connectivity index (χ0) is 19.0. The second-order valence-corrected chi connectivity index (χ2v) is 8.41. The summed E-state index contributed by atoms with van der Waals surface area (Å²) in [5.41, 5.74) is -0.0262. The van der Waals surface area contributed by atoms with Crippen molar-refractivity contribution in [2.45, 2.75) is 65.8 Å². The molecule has 0 amide bonds. The number of hydrogen-bond donors (Lipinski definition) is 2. The van der Waals surface area contributed by atoms with Crippen molar-refractivity contribution in [2.24, 2.45) is 10.9 Å². The summed E-state index contributed by atoms with van der Waals surface area (Å²) < 4.78 is 5.82. The number of oxazole rings is 1. The Morgan fingerprint density at radius 1 is 1.26 bits per heavy atom. The van der Waals surface area contributed by atoms with Gasteiger partial charge in [-0.15, -0.1) is 24.0 Å². The van der Waals surface area contributed by atoms with Gasteiger partial charge in [-0.25, -0.2) is 9.98 Å². The van der Waals surface area contributed by atoms with E-state index in [4.69, 9.17) is 4.42 Å². The van der Waals surface area contributed by atoms with Gasteiger partial charge in [-0.05, 0) is 38.8 Å².